The largest absolute Gasteiger partial charge is 0.357 e. The first kappa shape index (κ1) is 44.1. The van der Waals surface area contributed by atoms with Gasteiger partial charge < -0.3 is 15.5 Å². The van der Waals surface area contributed by atoms with Crippen LogP contribution < -0.4 is 30.8 Å². The molecule has 14 heteroatoms. The predicted molar refractivity (Wildman–Crippen MR) is 221 cm³/mol. The molecule has 11 nitrogen and oxygen atoms in total. The monoisotopic (exact) mass is 792 g/mol. The molecule has 0 fully saturated rings. The molecule has 1 unspecified atom stereocenters. The Morgan fingerprint density at radius 2 is 1.32 bits per heavy atom. The van der Waals surface area contributed by atoms with Crippen LogP contribution in [-0.2, 0) is 4.79 Å². The Kier molecular flexibility index (Phi) is 19.6. The lowest BCUT2D eigenvalue weighted by molar-refractivity contribution is -0.117. The number of halogens is 3. The van der Waals surface area contributed by atoms with Gasteiger partial charge in [-0.3, -0.25) is 15.0 Å². The van der Waals surface area contributed by atoms with Gasteiger partial charge in [-0.05, 0) is 57.9 Å². The molecule has 0 saturated carbocycles. The molecule has 3 rings (SSSR count). The Labute approximate surface area is 331 Å². The van der Waals surface area contributed by atoms with Crippen molar-refractivity contribution in [3.8, 4) is 0 Å². The zero-order valence-corrected chi connectivity index (χ0v) is 34.5. The van der Waals surface area contributed by atoms with Crippen LogP contribution in [0.2, 0.25) is 15.1 Å². The lowest BCUT2D eigenvalue weighted by atomic mass is 10.1. The number of carbonyl (C=O) groups excluding carboxylic acids is 3. The molecule has 2 aromatic rings. The summed E-state index contributed by atoms with van der Waals surface area (Å²) in [6.45, 7) is 12.5. The maximum atomic E-state index is 14.4. The van der Waals surface area contributed by atoms with E-state index in [0.29, 0.717) is 24.5 Å². The van der Waals surface area contributed by atoms with Gasteiger partial charge in [0.15, 0.2) is 11.9 Å². The van der Waals surface area contributed by atoms with Crippen LogP contribution in [0.15, 0.2) is 29.4 Å². The molecule has 1 aliphatic rings. The van der Waals surface area contributed by atoms with E-state index in [1.807, 2.05) is 26.8 Å². The molecular formula is C39H59Cl3N8O3. The van der Waals surface area contributed by atoms with Gasteiger partial charge in [-0.2, -0.15) is 5.01 Å². The van der Waals surface area contributed by atoms with Gasteiger partial charge in [0.2, 0.25) is 0 Å². The summed E-state index contributed by atoms with van der Waals surface area (Å²) in [7, 11) is 0. The van der Waals surface area contributed by atoms with Gasteiger partial charge >= 0.3 is 12.1 Å². The summed E-state index contributed by atoms with van der Waals surface area (Å²) >= 11 is 19.3. The summed E-state index contributed by atoms with van der Waals surface area (Å²) in [5.74, 6) is 0.0262. The van der Waals surface area contributed by atoms with Crippen LogP contribution in [0.4, 0.5) is 26.8 Å². The number of amides is 5. The molecule has 0 saturated heterocycles. The second-order valence-corrected chi connectivity index (χ2v) is 14.7. The fourth-order valence-electron chi connectivity index (χ4n) is 6.34. The lowest BCUT2D eigenvalue weighted by Gasteiger charge is -2.30. The summed E-state index contributed by atoms with van der Waals surface area (Å²) in [4.78, 5) is 50.0. The highest BCUT2D eigenvalue weighted by Gasteiger charge is 2.46. The topological polar surface area (TPSA) is 122 Å². The number of pyridine rings is 1. The summed E-state index contributed by atoms with van der Waals surface area (Å²) in [6.07, 6.45) is 16.2. The molecule has 53 heavy (non-hydrogen) atoms. The van der Waals surface area contributed by atoms with Crippen LogP contribution in [0.1, 0.15) is 123 Å². The second-order valence-electron chi connectivity index (χ2n) is 13.4. The third-order valence-corrected chi connectivity index (χ3v) is 10.1. The molecule has 1 atom stereocenters. The van der Waals surface area contributed by atoms with Crippen molar-refractivity contribution in [1.82, 2.24) is 20.9 Å². The first-order valence-electron chi connectivity index (χ1n) is 19.5. The van der Waals surface area contributed by atoms with E-state index in [1.165, 1.54) is 74.8 Å². The number of unbranched alkanes of at least 4 members (excludes halogenated alkanes) is 12. The van der Waals surface area contributed by atoms with Gasteiger partial charge in [0, 0.05) is 31.2 Å². The van der Waals surface area contributed by atoms with E-state index >= 15 is 0 Å². The molecular weight excluding hydrogens is 735 g/mol. The number of hydrogen-bond donors (Lipinski definition) is 3. The number of nitrogens with zero attached hydrogens (tertiary/aromatic N) is 5. The molecule has 1 aromatic heterocycles. The van der Waals surface area contributed by atoms with Crippen molar-refractivity contribution >= 4 is 75.8 Å². The van der Waals surface area contributed by atoms with Gasteiger partial charge in [0.25, 0.3) is 5.91 Å². The van der Waals surface area contributed by atoms with Crippen LogP contribution in [0, 0.1) is 6.92 Å². The Balaban J connectivity index is 1.81. The van der Waals surface area contributed by atoms with Crippen molar-refractivity contribution < 1.29 is 14.4 Å². The molecule has 5 amide bonds. The number of hydrazone groups is 1. The number of benzene rings is 1. The number of aryl methyl sites for hydroxylation is 1. The molecule has 3 N–H and O–H groups in total. The number of rotatable bonds is 22. The van der Waals surface area contributed by atoms with Crippen LogP contribution in [-0.4, -0.2) is 61.0 Å². The predicted octanol–water partition coefficient (Wildman–Crippen LogP) is 10.2. The van der Waals surface area contributed by atoms with Gasteiger partial charge in [-0.1, -0.05) is 126 Å². The second kappa shape index (κ2) is 23.5. The van der Waals surface area contributed by atoms with E-state index in [9.17, 15) is 14.4 Å². The smallest absolute Gasteiger partial charge is 0.323 e. The SMILES string of the molecule is CCCCCCCCCCCCCCNC(=O)NC1=NN(c2c(Cl)cc(Cl)cc2Cl)C(=O)C1N(C(=O)NCCCC)c1ccc(N(CC)CC)nc1C. The minimum atomic E-state index is -1.38. The van der Waals surface area contributed by atoms with E-state index in [4.69, 9.17) is 39.8 Å². The molecule has 0 aliphatic carbocycles. The maximum absolute atomic E-state index is 14.4. The summed E-state index contributed by atoms with van der Waals surface area (Å²) < 4.78 is 0. The number of nitrogens with one attached hydrogen (secondary N) is 3. The highest BCUT2D eigenvalue weighted by atomic mass is 35.5. The standard InChI is InChI=1S/C39H59Cl3N8O3/c1-6-10-12-13-14-15-16-17-18-19-20-21-25-43-38(52)46-36-35(37(51)50(47-36)34-30(41)26-29(40)27-31(34)42)49(39(53)44-24-11-7-2)32-22-23-33(45-28(32)5)48(8-3)9-4/h22-23,26-27,35H,6-21,24-25H2,1-5H3,(H,44,53)(H2,43,46,47,52). The van der Waals surface area contributed by atoms with E-state index in [1.54, 1.807) is 13.0 Å². The fraction of sp³-hybridized carbons (Fsp3) is 0.615. The van der Waals surface area contributed by atoms with Crippen molar-refractivity contribution in [3.63, 3.8) is 0 Å². The molecule has 0 radical (unpaired) electrons. The fourth-order valence-corrected chi connectivity index (χ4v) is 7.31. The molecule has 0 spiro atoms. The number of hydrogen-bond acceptors (Lipinski definition) is 6. The molecule has 1 aromatic carbocycles. The Hall–Kier alpha value is -3.28. The van der Waals surface area contributed by atoms with Gasteiger partial charge in [0.1, 0.15) is 11.5 Å². The highest BCUT2D eigenvalue weighted by molar-refractivity contribution is 6.43. The number of anilines is 3. The van der Waals surface area contributed by atoms with Crippen LogP contribution in [0.3, 0.4) is 0 Å². The minimum absolute atomic E-state index is 0.0675. The summed E-state index contributed by atoms with van der Waals surface area (Å²) in [5, 5.41) is 14.6. The molecule has 294 valence electrons. The highest BCUT2D eigenvalue weighted by Crippen LogP contribution is 2.39. The third kappa shape index (κ3) is 13.2. The van der Waals surface area contributed by atoms with Crippen molar-refractivity contribution in [1.29, 1.82) is 0 Å². The minimum Gasteiger partial charge on any atom is -0.357 e. The van der Waals surface area contributed by atoms with Crippen molar-refractivity contribution in [2.75, 3.05) is 41.0 Å². The zero-order valence-electron chi connectivity index (χ0n) is 32.2. The van der Waals surface area contributed by atoms with E-state index in [0.717, 1.165) is 56.0 Å². The summed E-state index contributed by atoms with van der Waals surface area (Å²) in [5.41, 5.74) is 0.985. The first-order chi connectivity index (χ1) is 25.6. The van der Waals surface area contributed by atoms with Crippen molar-refractivity contribution in [2.24, 2.45) is 5.10 Å². The molecule has 2 heterocycles. The normalized spacial score (nSPS) is 14.0. The molecule has 1 aliphatic heterocycles. The number of amidine groups is 1. The Morgan fingerprint density at radius 1 is 0.774 bits per heavy atom. The maximum Gasteiger partial charge on any atom is 0.323 e. The number of urea groups is 2. The van der Waals surface area contributed by atoms with Gasteiger partial charge in [0.05, 0.1) is 21.4 Å². The summed E-state index contributed by atoms with van der Waals surface area (Å²) in [6, 6.07) is 4.01. The van der Waals surface area contributed by atoms with Gasteiger partial charge in [-0.25, -0.2) is 14.6 Å². The van der Waals surface area contributed by atoms with E-state index in [-0.39, 0.29) is 26.6 Å². The van der Waals surface area contributed by atoms with E-state index < -0.39 is 24.0 Å². The van der Waals surface area contributed by atoms with Gasteiger partial charge in [-0.15, -0.1) is 5.10 Å². The number of carbonyl (C=O) groups is 3. The van der Waals surface area contributed by atoms with Crippen molar-refractivity contribution in [3.05, 3.63) is 45.0 Å². The zero-order chi connectivity index (χ0) is 38.8. The number of aromatic nitrogens is 1. The van der Waals surface area contributed by atoms with Crippen LogP contribution in [0.25, 0.3) is 0 Å². The first-order valence-corrected chi connectivity index (χ1v) is 20.6. The van der Waals surface area contributed by atoms with Crippen molar-refractivity contribution in [2.45, 2.75) is 131 Å². The third-order valence-electron chi connectivity index (χ3n) is 9.33. The quantitative estimate of drug-likeness (QED) is 0.103. The molecule has 0 bridgehead atoms. The van der Waals surface area contributed by atoms with Crippen LogP contribution in [0.5, 0.6) is 0 Å². The Bertz CT molecular complexity index is 1500. The average molecular weight is 794 g/mol. The lowest BCUT2D eigenvalue weighted by Crippen LogP contribution is -2.57. The van der Waals surface area contributed by atoms with Crippen LogP contribution >= 0.6 is 34.8 Å². The average Bonchev–Trinajstić information content (AvgIpc) is 3.41. The Morgan fingerprint density at radius 3 is 1.87 bits per heavy atom. The van der Waals surface area contributed by atoms with E-state index in [2.05, 4.69) is 32.9 Å².